The molecule has 2 saturated heterocycles. The molecule has 2 aliphatic heterocycles. The molecule has 0 aromatic rings. The summed E-state index contributed by atoms with van der Waals surface area (Å²) < 4.78 is 0. The minimum atomic E-state index is -0.578. The van der Waals surface area contributed by atoms with Gasteiger partial charge in [-0.2, -0.15) is 0 Å². The van der Waals surface area contributed by atoms with Crippen molar-refractivity contribution in [3.63, 3.8) is 0 Å². The molecule has 5 heteroatoms. The van der Waals surface area contributed by atoms with Gasteiger partial charge in [-0.1, -0.05) is 0 Å². The molecule has 2 N–H and O–H groups in total. The van der Waals surface area contributed by atoms with E-state index in [4.69, 9.17) is 0 Å². The molecule has 0 aromatic heterocycles. The lowest BCUT2D eigenvalue weighted by Gasteiger charge is -2.28. The maximum atomic E-state index is 11.5. The van der Waals surface area contributed by atoms with Crippen molar-refractivity contribution in [1.29, 1.82) is 0 Å². The molecule has 0 aliphatic carbocycles. The lowest BCUT2D eigenvalue weighted by atomic mass is 10.0. The minimum absolute atomic E-state index is 0.133. The Morgan fingerprint density at radius 2 is 1.73 bits per heavy atom. The second-order valence-electron chi connectivity index (χ2n) is 4.12. The molecule has 0 spiro atoms. The maximum absolute atomic E-state index is 11.5. The van der Waals surface area contributed by atoms with Crippen LogP contribution in [0.2, 0.25) is 0 Å². The summed E-state index contributed by atoms with van der Waals surface area (Å²) in [6.45, 7) is 1.49. The average molecular weight is 212 g/mol. The highest BCUT2D eigenvalue weighted by atomic mass is 16.3. The van der Waals surface area contributed by atoms with Gasteiger partial charge >= 0.3 is 0 Å². The zero-order chi connectivity index (χ0) is 10.8. The van der Waals surface area contributed by atoms with Crippen LogP contribution in [0.5, 0.6) is 0 Å². The average Bonchev–Trinajstić information content (AvgIpc) is 2.42. The van der Waals surface area contributed by atoms with E-state index in [1.807, 2.05) is 0 Å². The molecule has 0 bridgehead atoms. The largest absolute Gasteiger partial charge is 0.391 e. The molecule has 2 atom stereocenters. The molecule has 2 heterocycles. The Balaban J connectivity index is 2.12. The fourth-order valence-corrected chi connectivity index (χ4v) is 2.27. The Hall–Kier alpha value is -0.940. The highest BCUT2D eigenvalue weighted by molar-refractivity contribution is 6.02. The lowest BCUT2D eigenvalue weighted by molar-refractivity contribution is -0.144. The van der Waals surface area contributed by atoms with Crippen LogP contribution in [0, 0.1) is 0 Å². The van der Waals surface area contributed by atoms with Crippen molar-refractivity contribution in [1.82, 2.24) is 10.2 Å². The summed E-state index contributed by atoms with van der Waals surface area (Å²) in [5.74, 6) is -0.267. The number of hydrogen-bond acceptors (Lipinski definition) is 4. The molecule has 2 rings (SSSR count). The van der Waals surface area contributed by atoms with Crippen LogP contribution >= 0.6 is 0 Å². The molecule has 0 aromatic carbocycles. The van der Waals surface area contributed by atoms with E-state index in [-0.39, 0.29) is 17.9 Å². The van der Waals surface area contributed by atoms with Crippen molar-refractivity contribution < 1.29 is 14.7 Å². The number of nitrogens with zero attached hydrogens (tertiary/aromatic N) is 1. The zero-order valence-corrected chi connectivity index (χ0v) is 8.61. The molecule has 2 aliphatic rings. The Kier molecular flexibility index (Phi) is 3.02. The van der Waals surface area contributed by atoms with Crippen molar-refractivity contribution in [2.75, 3.05) is 13.1 Å². The number of likely N-dealkylation sites (tertiary alicyclic amines) is 1. The van der Waals surface area contributed by atoms with Gasteiger partial charge in [-0.3, -0.25) is 14.5 Å². The van der Waals surface area contributed by atoms with Crippen LogP contribution < -0.4 is 5.32 Å². The molecule has 2 unspecified atom stereocenters. The monoisotopic (exact) mass is 212 g/mol. The third-order valence-corrected chi connectivity index (χ3v) is 3.10. The quantitative estimate of drug-likeness (QED) is 0.561. The smallest absolute Gasteiger partial charge is 0.230 e. The third-order valence-electron chi connectivity index (χ3n) is 3.10. The van der Waals surface area contributed by atoms with E-state index < -0.39 is 6.10 Å². The lowest BCUT2D eigenvalue weighted by Crippen LogP contribution is -2.46. The summed E-state index contributed by atoms with van der Waals surface area (Å²) in [6.07, 6.45) is 1.27. The topological polar surface area (TPSA) is 69.6 Å². The van der Waals surface area contributed by atoms with Crippen LogP contribution in [-0.4, -0.2) is 47.1 Å². The van der Waals surface area contributed by atoms with Crippen LogP contribution in [0.25, 0.3) is 0 Å². The minimum Gasteiger partial charge on any atom is -0.391 e. The van der Waals surface area contributed by atoms with E-state index >= 15 is 0 Å². The number of imide groups is 1. The fourth-order valence-electron chi connectivity index (χ4n) is 2.27. The van der Waals surface area contributed by atoms with Gasteiger partial charge in [-0.15, -0.1) is 0 Å². The predicted molar refractivity (Wildman–Crippen MR) is 53.0 cm³/mol. The number of nitrogens with one attached hydrogen (secondary N) is 1. The number of aliphatic hydroxyl groups is 1. The number of carbonyl (C=O) groups excluding carboxylic acids is 2. The highest BCUT2D eigenvalue weighted by Gasteiger charge is 2.38. The molecule has 15 heavy (non-hydrogen) atoms. The summed E-state index contributed by atoms with van der Waals surface area (Å²) in [5, 5.41) is 13.0. The van der Waals surface area contributed by atoms with Crippen LogP contribution in [0.15, 0.2) is 0 Å². The van der Waals surface area contributed by atoms with Crippen LogP contribution in [-0.2, 0) is 9.59 Å². The van der Waals surface area contributed by atoms with Crippen molar-refractivity contribution in [3.8, 4) is 0 Å². The first-order valence-corrected chi connectivity index (χ1v) is 5.44. The molecule has 5 nitrogen and oxygen atoms in total. The number of rotatable bonds is 1. The Labute approximate surface area is 88.4 Å². The van der Waals surface area contributed by atoms with Gasteiger partial charge in [0.25, 0.3) is 0 Å². The molecular formula is C10H16N2O3. The van der Waals surface area contributed by atoms with Gasteiger partial charge < -0.3 is 10.4 Å². The van der Waals surface area contributed by atoms with Crippen LogP contribution in [0.3, 0.4) is 0 Å². The van der Waals surface area contributed by atoms with Crippen molar-refractivity contribution in [3.05, 3.63) is 0 Å². The van der Waals surface area contributed by atoms with Gasteiger partial charge in [0.1, 0.15) is 0 Å². The van der Waals surface area contributed by atoms with E-state index in [0.29, 0.717) is 25.7 Å². The first-order chi connectivity index (χ1) is 7.20. The number of hydrogen-bond donors (Lipinski definition) is 2. The fraction of sp³-hybridized carbons (Fsp3) is 0.800. The Morgan fingerprint density at radius 3 is 2.40 bits per heavy atom. The number of carbonyl (C=O) groups is 2. The van der Waals surface area contributed by atoms with E-state index in [9.17, 15) is 14.7 Å². The SMILES string of the molecule is O=C1CCC(=O)N1C1CCNCCC1O. The normalized spacial score (nSPS) is 33.3. The van der Waals surface area contributed by atoms with Gasteiger partial charge in [0.15, 0.2) is 0 Å². The standard InChI is InChI=1S/C10H16N2O3/c13-8-4-6-11-5-3-7(8)12-9(14)1-2-10(12)15/h7-8,11,13H,1-6H2. The van der Waals surface area contributed by atoms with Gasteiger partial charge in [-0.05, 0) is 25.9 Å². The Morgan fingerprint density at radius 1 is 1.13 bits per heavy atom. The van der Waals surface area contributed by atoms with Crippen molar-refractivity contribution >= 4 is 11.8 Å². The van der Waals surface area contributed by atoms with Gasteiger partial charge in [0, 0.05) is 12.8 Å². The third kappa shape index (κ3) is 2.03. The highest BCUT2D eigenvalue weighted by Crippen LogP contribution is 2.21. The van der Waals surface area contributed by atoms with E-state index in [0.717, 1.165) is 13.1 Å². The summed E-state index contributed by atoms with van der Waals surface area (Å²) in [7, 11) is 0. The summed E-state index contributed by atoms with van der Waals surface area (Å²) in [6, 6.07) is -0.317. The zero-order valence-electron chi connectivity index (χ0n) is 8.61. The Bertz CT molecular complexity index is 264. The van der Waals surface area contributed by atoms with Crippen molar-refractivity contribution in [2.45, 2.75) is 37.8 Å². The van der Waals surface area contributed by atoms with E-state index in [1.165, 1.54) is 4.90 Å². The predicted octanol–water partition coefficient (Wildman–Crippen LogP) is -0.752. The van der Waals surface area contributed by atoms with Gasteiger partial charge in [-0.25, -0.2) is 0 Å². The summed E-state index contributed by atoms with van der Waals surface area (Å²) in [4.78, 5) is 24.3. The second-order valence-corrected chi connectivity index (χ2v) is 4.12. The molecule has 2 fully saturated rings. The summed E-state index contributed by atoms with van der Waals surface area (Å²) in [5.41, 5.74) is 0. The number of amides is 2. The molecule has 0 saturated carbocycles. The van der Waals surface area contributed by atoms with Gasteiger partial charge in [0.2, 0.25) is 11.8 Å². The van der Waals surface area contributed by atoms with Crippen LogP contribution in [0.4, 0.5) is 0 Å². The molecule has 0 radical (unpaired) electrons. The second kappa shape index (κ2) is 4.28. The van der Waals surface area contributed by atoms with Crippen LogP contribution in [0.1, 0.15) is 25.7 Å². The molecule has 84 valence electrons. The molecule has 2 amide bonds. The van der Waals surface area contributed by atoms with E-state index in [2.05, 4.69) is 5.32 Å². The number of aliphatic hydroxyl groups excluding tert-OH is 1. The maximum Gasteiger partial charge on any atom is 0.230 e. The summed E-state index contributed by atoms with van der Waals surface area (Å²) >= 11 is 0. The van der Waals surface area contributed by atoms with Crippen molar-refractivity contribution in [2.24, 2.45) is 0 Å². The van der Waals surface area contributed by atoms with Gasteiger partial charge in [0.05, 0.1) is 12.1 Å². The first kappa shape index (κ1) is 10.6. The van der Waals surface area contributed by atoms with E-state index in [1.54, 1.807) is 0 Å². The molecular weight excluding hydrogens is 196 g/mol. The first-order valence-electron chi connectivity index (χ1n) is 5.44.